The maximum atomic E-state index is 13.2. The summed E-state index contributed by atoms with van der Waals surface area (Å²) < 4.78 is 24.6. The van der Waals surface area contributed by atoms with Crippen LogP contribution in [0.2, 0.25) is 0 Å². The summed E-state index contributed by atoms with van der Waals surface area (Å²) in [5.41, 5.74) is -0.128. The largest absolute Gasteiger partial charge is 0.493 e. The van der Waals surface area contributed by atoms with Crippen LogP contribution in [0.4, 0.5) is 4.39 Å². The normalized spacial score (nSPS) is 10.2. The molecular formula is C14H10BrFO4. The molecule has 4 nitrogen and oxygen atoms in total. The minimum atomic E-state index is -1.20. The van der Waals surface area contributed by atoms with E-state index in [1.807, 2.05) is 0 Å². The Labute approximate surface area is 122 Å². The molecular weight excluding hydrogens is 331 g/mol. The third-order valence-electron chi connectivity index (χ3n) is 2.52. The Morgan fingerprint density at radius 2 is 1.90 bits per heavy atom. The van der Waals surface area contributed by atoms with Gasteiger partial charge in [0, 0.05) is 10.5 Å². The van der Waals surface area contributed by atoms with Gasteiger partial charge in [0.2, 0.25) is 0 Å². The van der Waals surface area contributed by atoms with Gasteiger partial charge in [-0.1, -0.05) is 15.9 Å². The summed E-state index contributed by atoms with van der Waals surface area (Å²) in [6.07, 6.45) is 0. The lowest BCUT2D eigenvalue weighted by Gasteiger charge is -2.12. The molecule has 20 heavy (non-hydrogen) atoms. The number of rotatable bonds is 4. The van der Waals surface area contributed by atoms with Gasteiger partial charge in [0.15, 0.2) is 11.5 Å². The predicted molar refractivity (Wildman–Crippen MR) is 74.1 cm³/mol. The molecule has 0 bridgehead atoms. The second-order valence-electron chi connectivity index (χ2n) is 3.84. The van der Waals surface area contributed by atoms with E-state index in [2.05, 4.69) is 15.9 Å². The highest BCUT2D eigenvalue weighted by molar-refractivity contribution is 9.10. The quantitative estimate of drug-likeness (QED) is 0.910. The number of halogens is 2. The Hall–Kier alpha value is -2.08. The molecule has 0 aromatic heterocycles. The molecule has 0 atom stereocenters. The summed E-state index contributed by atoms with van der Waals surface area (Å²) in [6.45, 7) is 0. The molecule has 2 aromatic carbocycles. The number of hydrogen-bond acceptors (Lipinski definition) is 3. The van der Waals surface area contributed by atoms with Crippen molar-refractivity contribution >= 4 is 21.9 Å². The summed E-state index contributed by atoms with van der Waals surface area (Å²) in [7, 11) is 1.46. The van der Waals surface area contributed by atoms with Gasteiger partial charge in [-0.3, -0.25) is 0 Å². The van der Waals surface area contributed by atoms with Crippen LogP contribution in [0.5, 0.6) is 17.2 Å². The number of hydrogen-bond donors (Lipinski definition) is 1. The highest BCUT2D eigenvalue weighted by Gasteiger charge is 2.15. The van der Waals surface area contributed by atoms with Crippen molar-refractivity contribution in [3.05, 3.63) is 52.3 Å². The fraction of sp³-hybridized carbons (Fsp3) is 0.0714. The number of methoxy groups -OCH3 is 1. The molecule has 2 rings (SSSR count). The lowest BCUT2D eigenvalue weighted by atomic mass is 10.2. The Balaban J connectivity index is 2.44. The highest BCUT2D eigenvalue weighted by Crippen LogP contribution is 2.35. The molecule has 104 valence electrons. The van der Waals surface area contributed by atoms with Gasteiger partial charge < -0.3 is 14.6 Å². The number of benzene rings is 2. The maximum absolute atomic E-state index is 13.2. The Kier molecular flexibility index (Phi) is 4.24. The first-order valence-electron chi connectivity index (χ1n) is 5.55. The van der Waals surface area contributed by atoms with E-state index in [0.29, 0.717) is 11.5 Å². The lowest BCUT2D eigenvalue weighted by molar-refractivity contribution is 0.0694. The van der Waals surface area contributed by atoms with Crippen molar-refractivity contribution in [3.8, 4) is 17.2 Å². The molecule has 1 N–H and O–H groups in total. The summed E-state index contributed by atoms with van der Waals surface area (Å²) in [5.74, 6) is -1.17. The standard InChI is InChI=1S/C14H10BrFO4/c1-19-13-6-8(15)2-5-11(13)20-12-7-9(16)3-4-10(12)14(17)18/h2-7H,1H3,(H,17,18). The molecule has 0 saturated heterocycles. The maximum Gasteiger partial charge on any atom is 0.339 e. The topological polar surface area (TPSA) is 55.8 Å². The number of carboxylic acids is 1. The van der Waals surface area contributed by atoms with Gasteiger partial charge in [0.05, 0.1) is 7.11 Å². The SMILES string of the molecule is COc1cc(Br)ccc1Oc1cc(F)ccc1C(=O)O. The minimum absolute atomic E-state index is 0.0851. The molecule has 0 amide bonds. The van der Waals surface area contributed by atoms with E-state index in [4.69, 9.17) is 14.6 Å². The fourth-order valence-corrected chi connectivity index (χ4v) is 1.94. The predicted octanol–water partition coefficient (Wildman–Crippen LogP) is 4.09. The third kappa shape index (κ3) is 3.08. The third-order valence-corrected chi connectivity index (χ3v) is 3.01. The van der Waals surface area contributed by atoms with Crippen molar-refractivity contribution in [2.24, 2.45) is 0 Å². The first kappa shape index (κ1) is 14.3. The van der Waals surface area contributed by atoms with Gasteiger partial charge in [0.25, 0.3) is 0 Å². The van der Waals surface area contributed by atoms with Crippen LogP contribution < -0.4 is 9.47 Å². The molecule has 6 heteroatoms. The molecule has 0 saturated carbocycles. The number of aromatic carboxylic acids is 1. The number of carbonyl (C=O) groups is 1. The van der Waals surface area contributed by atoms with Gasteiger partial charge in [-0.15, -0.1) is 0 Å². The van der Waals surface area contributed by atoms with Crippen LogP contribution >= 0.6 is 15.9 Å². The zero-order chi connectivity index (χ0) is 14.7. The lowest BCUT2D eigenvalue weighted by Crippen LogP contribution is -2.01. The average molecular weight is 341 g/mol. The Bertz CT molecular complexity index is 658. The smallest absolute Gasteiger partial charge is 0.339 e. The molecule has 0 aliphatic carbocycles. The van der Waals surface area contributed by atoms with E-state index >= 15 is 0 Å². The molecule has 2 aromatic rings. The van der Waals surface area contributed by atoms with E-state index < -0.39 is 11.8 Å². The van der Waals surface area contributed by atoms with Gasteiger partial charge in [-0.2, -0.15) is 0 Å². The highest BCUT2D eigenvalue weighted by atomic mass is 79.9. The average Bonchev–Trinajstić information content (AvgIpc) is 2.40. The van der Waals surface area contributed by atoms with Crippen molar-refractivity contribution in [3.63, 3.8) is 0 Å². The van der Waals surface area contributed by atoms with E-state index in [0.717, 1.165) is 22.7 Å². The summed E-state index contributed by atoms with van der Waals surface area (Å²) in [5, 5.41) is 9.06. The monoisotopic (exact) mass is 340 g/mol. The summed E-state index contributed by atoms with van der Waals surface area (Å²) >= 11 is 3.28. The van der Waals surface area contributed by atoms with Gasteiger partial charge >= 0.3 is 5.97 Å². The van der Waals surface area contributed by atoms with Crippen molar-refractivity contribution < 1.29 is 23.8 Å². The fourth-order valence-electron chi connectivity index (χ4n) is 1.60. The molecule has 0 spiro atoms. The second-order valence-corrected chi connectivity index (χ2v) is 4.76. The molecule has 0 unspecified atom stereocenters. The van der Waals surface area contributed by atoms with Gasteiger partial charge in [0.1, 0.15) is 17.1 Å². The summed E-state index contributed by atoms with van der Waals surface area (Å²) in [6, 6.07) is 8.20. The van der Waals surface area contributed by atoms with Crippen LogP contribution in [0.1, 0.15) is 10.4 Å². The van der Waals surface area contributed by atoms with Crippen LogP contribution in [0.25, 0.3) is 0 Å². The van der Waals surface area contributed by atoms with E-state index in [1.54, 1.807) is 18.2 Å². The second kappa shape index (κ2) is 5.92. The van der Waals surface area contributed by atoms with E-state index in [9.17, 15) is 9.18 Å². The summed E-state index contributed by atoms with van der Waals surface area (Å²) in [4.78, 5) is 11.1. The van der Waals surface area contributed by atoms with Crippen molar-refractivity contribution in [1.29, 1.82) is 0 Å². The molecule has 0 radical (unpaired) electrons. The van der Waals surface area contributed by atoms with E-state index in [-0.39, 0.29) is 11.3 Å². The van der Waals surface area contributed by atoms with E-state index in [1.165, 1.54) is 7.11 Å². The van der Waals surface area contributed by atoms with Crippen LogP contribution in [-0.4, -0.2) is 18.2 Å². The Morgan fingerprint density at radius 1 is 1.15 bits per heavy atom. The first-order valence-corrected chi connectivity index (χ1v) is 6.35. The molecule has 0 heterocycles. The molecule has 0 fully saturated rings. The van der Waals surface area contributed by atoms with Crippen LogP contribution in [0, 0.1) is 5.82 Å². The zero-order valence-electron chi connectivity index (χ0n) is 10.4. The minimum Gasteiger partial charge on any atom is -0.493 e. The van der Waals surface area contributed by atoms with Gasteiger partial charge in [-0.25, -0.2) is 9.18 Å². The van der Waals surface area contributed by atoms with Crippen LogP contribution in [0.15, 0.2) is 40.9 Å². The zero-order valence-corrected chi connectivity index (χ0v) is 12.0. The van der Waals surface area contributed by atoms with Gasteiger partial charge in [-0.05, 0) is 30.3 Å². The molecule has 0 aliphatic heterocycles. The first-order chi connectivity index (χ1) is 9.51. The number of carboxylic acid groups (broad SMARTS) is 1. The van der Waals surface area contributed by atoms with Crippen molar-refractivity contribution in [1.82, 2.24) is 0 Å². The van der Waals surface area contributed by atoms with Crippen LogP contribution in [-0.2, 0) is 0 Å². The number of ether oxygens (including phenoxy) is 2. The van der Waals surface area contributed by atoms with Crippen LogP contribution in [0.3, 0.4) is 0 Å². The molecule has 0 aliphatic rings. The van der Waals surface area contributed by atoms with Crippen molar-refractivity contribution in [2.45, 2.75) is 0 Å². The Morgan fingerprint density at radius 3 is 2.55 bits per heavy atom. The van der Waals surface area contributed by atoms with Crippen molar-refractivity contribution in [2.75, 3.05) is 7.11 Å².